The van der Waals surface area contributed by atoms with E-state index in [1.807, 2.05) is 7.05 Å². The number of hydrogen-bond donors (Lipinski definition) is 1. The van der Waals surface area contributed by atoms with Gasteiger partial charge in [-0.1, -0.05) is 13.3 Å². The van der Waals surface area contributed by atoms with Gasteiger partial charge in [0.2, 0.25) is 0 Å². The lowest BCUT2D eigenvalue weighted by Crippen LogP contribution is -2.59. The Kier molecular flexibility index (Phi) is 6.00. The average molecular weight is 278 g/mol. The zero-order valence-corrected chi connectivity index (χ0v) is 12.5. The molecule has 0 radical (unpaired) electrons. The lowest BCUT2D eigenvalue weighted by atomic mass is 10.2. The van der Waals surface area contributed by atoms with E-state index in [2.05, 4.69) is 11.8 Å². The second-order valence-corrected chi connectivity index (χ2v) is 6.93. The lowest BCUT2D eigenvalue weighted by molar-refractivity contribution is 0.157. The van der Waals surface area contributed by atoms with Gasteiger partial charge in [0, 0.05) is 39.8 Å². The SMILES string of the molecule is CCCCN(C)S(=O)(=O)N1CCN(C)CC1CN. The molecule has 0 saturated carbocycles. The van der Waals surface area contributed by atoms with Gasteiger partial charge in [0.15, 0.2) is 0 Å². The van der Waals surface area contributed by atoms with E-state index in [1.165, 1.54) is 4.31 Å². The van der Waals surface area contributed by atoms with Gasteiger partial charge in [-0.15, -0.1) is 0 Å². The third kappa shape index (κ3) is 3.64. The zero-order chi connectivity index (χ0) is 13.8. The van der Waals surface area contributed by atoms with Crippen LogP contribution in [0.25, 0.3) is 0 Å². The van der Waals surface area contributed by atoms with Crippen LogP contribution in [0.15, 0.2) is 0 Å². The highest BCUT2D eigenvalue weighted by molar-refractivity contribution is 7.86. The van der Waals surface area contributed by atoms with E-state index < -0.39 is 10.2 Å². The Hall–Kier alpha value is -0.210. The van der Waals surface area contributed by atoms with Crippen molar-refractivity contribution in [1.82, 2.24) is 13.5 Å². The highest BCUT2D eigenvalue weighted by atomic mass is 32.2. The van der Waals surface area contributed by atoms with Crippen LogP contribution in [0.4, 0.5) is 0 Å². The van der Waals surface area contributed by atoms with Gasteiger partial charge in [-0.3, -0.25) is 0 Å². The van der Waals surface area contributed by atoms with Crippen LogP contribution in [-0.4, -0.2) is 74.8 Å². The van der Waals surface area contributed by atoms with Crippen molar-refractivity contribution in [2.75, 3.05) is 46.8 Å². The Labute approximate surface area is 111 Å². The molecular formula is C11H26N4O2S. The summed E-state index contributed by atoms with van der Waals surface area (Å²) in [5, 5.41) is 0. The fourth-order valence-electron chi connectivity index (χ4n) is 2.16. The molecule has 0 bridgehead atoms. The van der Waals surface area contributed by atoms with E-state index >= 15 is 0 Å². The van der Waals surface area contributed by atoms with Crippen LogP contribution in [0.5, 0.6) is 0 Å². The molecular weight excluding hydrogens is 252 g/mol. The van der Waals surface area contributed by atoms with Crippen LogP contribution in [0.1, 0.15) is 19.8 Å². The van der Waals surface area contributed by atoms with Crippen molar-refractivity contribution >= 4 is 10.2 Å². The molecule has 0 amide bonds. The molecule has 108 valence electrons. The summed E-state index contributed by atoms with van der Waals surface area (Å²) in [4.78, 5) is 2.12. The van der Waals surface area contributed by atoms with Crippen molar-refractivity contribution in [3.8, 4) is 0 Å². The molecule has 1 rings (SSSR count). The minimum absolute atomic E-state index is 0.113. The van der Waals surface area contributed by atoms with Gasteiger partial charge in [-0.05, 0) is 13.5 Å². The standard InChI is InChI=1S/C11H26N4O2S/c1-4-5-6-14(3)18(16,17)15-8-7-13(2)10-11(15)9-12/h11H,4-10,12H2,1-3H3. The summed E-state index contributed by atoms with van der Waals surface area (Å²) in [6.45, 7) is 4.98. The van der Waals surface area contributed by atoms with Crippen molar-refractivity contribution in [1.29, 1.82) is 0 Å². The summed E-state index contributed by atoms with van der Waals surface area (Å²) >= 11 is 0. The Morgan fingerprint density at radius 3 is 2.61 bits per heavy atom. The molecule has 0 spiro atoms. The molecule has 1 aliphatic heterocycles. The van der Waals surface area contributed by atoms with Crippen molar-refractivity contribution < 1.29 is 8.42 Å². The van der Waals surface area contributed by atoms with Gasteiger partial charge in [0.05, 0.1) is 6.04 Å². The van der Waals surface area contributed by atoms with Crippen LogP contribution < -0.4 is 5.73 Å². The van der Waals surface area contributed by atoms with Gasteiger partial charge in [-0.25, -0.2) is 0 Å². The molecule has 0 aromatic heterocycles. The lowest BCUT2D eigenvalue weighted by Gasteiger charge is -2.40. The molecule has 1 atom stereocenters. The first kappa shape index (κ1) is 15.8. The minimum Gasteiger partial charge on any atom is -0.329 e. The minimum atomic E-state index is -3.36. The molecule has 1 heterocycles. The molecule has 2 N–H and O–H groups in total. The van der Waals surface area contributed by atoms with Gasteiger partial charge >= 0.3 is 0 Å². The first-order valence-corrected chi connectivity index (χ1v) is 7.94. The van der Waals surface area contributed by atoms with Crippen molar-refractivity contribution in [3.05, 3.63) is 0 Å². The van der Waals surface area contributed by atoms with Gasteiger partial charge in [0.25, 0.3) is 10.2 Å². The van der Waals surface area contributed by atoms with Crippen molar-refractivity contribution in [3.63, 3.8) is 0 Å². The van der Waals surface area contributed by atoms with Gasteiger partial charge in [-0.2, -0.15) is 17.0 Å². The molecule has 18 heavy (non-hydrogen) atoms. The number of hydrogen-bond acceptors (Lipinski definition) is 4. The number of unbranched alkanes of at least 4 members (excludes halogenated alkanes) is 1. The van der Waals surface area contributed by atoms with E-state index in [9.17, 15) is 8.42 Å². The van der Waals surface area contributed by atoms with E-state index in [1.54, 1.807) is 11.4 Å². The first-order chi connectivity index (χ1) is 8.43. The third-order valence-electron chi connectivity index (χ3n) is 3.42. The number of likely N-dealkylation sites (N-methyl/N-ethyl adjacent to an activating group) is 1. The summed E-state index contributed by atoms with van der Waals surface area (Å²) in [5.41, 5.74) is 5.70. The molecule has 0 aromatic rings. The molecule has 0 aromatic carbocycles. The maximum atomic E-state index is 12.4. The second kappa shape index (κ2) is 6.81. The summed E-state index contributed by atoms with van der Waals surface area (Å²) in [7, 11) is 0.284. The molecule has 7 heteroatoms. The molecule has 1 fully saturated rings. The molecule has 1 saturated heterocycles. The fourth-order valence-corrected chi connectivity index (χ4v) is 3.72. The van der Waals surface area contributed by atoms with E-state index in [0.717, 1.165) is 19.4 Å². The zero-order valence-electron chi connectivity index (χ0n) is 11.7. The monoisotopic (exact) mass is 278 g/mol. The van der Waals surface area contributed by atoms with Crippen molar-refractivity contribution in [2.45, 2.75) is 25.8 Å². The van der Waals surface area contributed by atoms with Crippen LogP contribution in [0.3, 0.4) is 0 Å². The Balaban J connectivity index is 2.76. The van der Waals surface area contributed by atoms with Crippen LogP contribution >= 0.6 is 0 Å². The number of nitrogens with two attached hydrogens (primary N) is 1. The van der Waals surface area contributed by atoms with Crippen LogP contribution in [0, 0.1) is 0 Å². The Bertz CT molecular complexity index is 347. The normalized spacial score (nSPS) is 23.7. The number of rotatable bonds is 6. The van der Waals surface area contributed by atoms with Crippen LogP contribution in [-0.2, 0) is 10.2 Å². The quantitative estimate of drug-likeness (QED) is 0.714. The number of piperazine rings is 1. The van der Waals surface area contributed by atoms with Gasteiger partial charge < -0.3 is 10.6 Å². The highest BCUT2D eigenvalue weighted by Crippen LogP contribution is 2.16. The van der Waals surface area contributed by atoms with Gasteiger partial charge in [0.1, 0.15) is 0 Å². The number of nitrogens with zero attached hydrogens (tertiary/aromatic N) is 3. The highest BCUT2D eigenvalue weighted by Gasteiger charge is 2.35. The summed E-state index contributed by atoms with van der Waals surface area (Å²) in [6.07, 6.45) is 1.87. The van der Waals surface area contributed by atoms with Crippen LogP contribution in [0.2, 0.25) is 0 Å². The Morgan fingerprint density at radius 1 is 1.39 bits per heavy atom. The topological polar surface area (TPSA) is 69.9 Å². The predicted molar refractivity (Wildman–Crippen MR) is 73.5 cm³/mol. The fraction of sp³-hybridized carbons (Fsp3) is 1.00. The molecule has 6 nitrogen and oxygen atoms in total. The second-order valence-electron chi connectivity index (χ2n) is 4.95. The Morgan fingerprint density at radius 2 is 2.06 bits per heavy atom. The van der Waals surface area contributed by atoms with E-state index in [-0.39, 0.29) is 6.04 Å². The third-order valence-corrected chi connectivity index (χ3v) is 5.46. The summed E-state index contributed by atoms with van der Waals surface area (Å²) in [5.74, 6) is 0. The predicted octanol–water partition coefficient (Wildman–Crippen LogP) is -0.462. The average Bonchev–Trinajstić information content (AvgIpc) is 2.35. The van der Waals surface area contributed by atoms with Crippen molar-refractivity contribution in [2.24, 2.45) is 5.73 Å². The molecule has 1 unspecified atom stereocenters. The molecule has 1 aliphatic rings. The smallest absolute Gasteiger partial charge is 0.282 e. The van der Waals surface area contributed by atoms with E-state index in [4.69, 9.17) is 5.73 Å². The summed E-state index contributed by atoms with van der Waals surface area (Å²) < 4.78 is 27.9. The molecule has 0 aliphatic carbocycles. The summed E-state index contributed by atoms with van der Waals surface area (Å²) in [6, 6.07) is -0.113. The maximum absolute atomic E-state index is 12.4. The largest absolute Gasteiger partial charge is 0.329 e. The maximum Gasteiger partial charge on any atom is 0.282 e. The first-order valence-electron chi connectivity index (χ1n) is 6.55. The van der Waals surface area contributed by atoms with E-state index in [0.29, 0.717) is 26.2 Å².